The van der Waals surface area contributed by atoms with Gasteiger partial charge in [-0.05, 0) is 42.5 Å². The first-order chi connectivity index (χ1) is 9.38. The van der Waals surface area contributed by atoms with Crippen molar-refractivity contribution in [2.24, 2.45) is 0 Å². The highest BCUT2D eigenvalue weighted by Gasteiger charge is 2.33. The molecule has 3 heterocycles. The Morgan fingerprint density at radius 3 is 2.89 bits per heavy atom. The van der Waals surface area contributed by atoms with E-state index in [1.807, 2.05) is 0 Å². The highest BCUT2D eigenvalue weighted by atomic mass is 16.5. The molecule has 0 saturated carbocycles. The lowest BCUT2D eigenvalue weighted by Crippen LogP contribution is -2.42. The first-order valence-electron chi connectivity index (χ1n) is 7.56. The van der Waals surface area contributed by atoms with E-state index < -0.39 is 0 Å². The largest absolute Gasteiger partial charge is 0.372 e. The van der Waals surface area contributed by atoms with Gasteiger partial charge in [0.15, 0.2) is 0 Å². The highest BCUT2D eigenvalue weighted by molar-refractivity contribution is 5.37. The third-order valence-electron chi connectivity index (χ3n) is 4.75. The van der Waals surface area contributed by atoms with E-state index in [9.17, 15) is 0 Å². The normalized spacial score (nSPS) is 30.3. The van der Waals surface area contributed by atoms with E-state index in [4.69, 9.17) is 4.74 Å². The number of ether oxygens (including phenoxy) is 1. The van der Waals surface area contributed by atoms with E-state index in [1.165, 1.54) is 24.8 Å². The van der Waals surface area contributed by atoms with Crippen molar-refractivity contribution < 1.29 is 4.74 Å². The molecular weight excluding hydrogens is 236 g/mol. The minimum absolute atomic E-state index is 0.500. The van der Waals surface area contributed by atoms with Crippen molar-refractivity contribution in [3.05, 3.63) is 34.9 Å². The van der Waals surface area contributed by atoms with Crippen LogP contribution in [0.25, 0.3) is 0 Å². The summed E-state index contributed by atoms with van der Waals surface area (Å²) in [5.74, 6) is 0. The minimum Gasteiger partial charge on any atom is -0.372 e. The van der Waals surface area contributed by atoms with Crippen LogP contribution >= 0.6 is 0 Å². The van der Waals surface area contributed by atoms with Gasteiger partial charge in [-0.3, -0.25) is 4.90 Å². The van der Waals surface area contributed by atoms with Crippen molar-refractivity contribution in [2.45, 2.75) is 44.6 Å². The fourth-order valence-electron chi connectivity index (χ4n) is 3.83. The van der Waals surface area contributed by atoms with E-state index in [-0.39, 0.29) is 0 Å². The second-order valence-electron chi connectivity index (χ2n) is 6.13. The number of nitrogens with one attached hydrogen (secondary N) is 1. The maximum absolute atomic E-state index is 5.93. The van der Waals surface area contributed by atoms with Crippen molar-refractivity contribution in [2.75, 3.05) is 19.6 Å². The monoisotopic (exact) mass is 258 g/mol. The Morgan fingerprint density at radius 1 is 1.21 bits per heavy atom. The van der Waals surface area contributed by atoms with Gasteiger partial charge in [0.25, 0.3) is 0 Å². The van der Waals surface area contributed by atoms with Gasteiger partial charge >= 0.3 is 0 Å². The molecule has 19 heavy (non-hydrogen) atoms. The topological polar surface area (TPSA) is 24.5 Å². The summed E-state index contributed by atoms with van der Waals surface area (Å²) in [4.78, 5) is 2.60. The van der Waals surface area contributed by atoms with Crippen molar-refractivity contribution in [3.8, 4) is 0 Å². The first-order valence-corrected chi connectivity index (χ1v) is 7.56. The number of hydrogen-bond acceptors (Lipinski definition) is 3. The lowest BCUT2D eigenvalue weighted by Gasteiger charge is -2.33. The van der Waals surface area contributed by atoms with Gasteiger partial charge in [0.1, 0.15) is 0 Å². The lowest BCUT2D eigenvalue weighted by molar-refractivity contribution is -0.0411. The van der Waals surface area contributed by atoms with Crippen LogP contribution in [0.5, 0.6) is 0 Å². The fraction of sp³-hybridized carbons (Fsp3) is 0.625. The Hall–Kier alpha value is -0.900. The van der Waals surface area contributed by atoms with E-state index in [1.54, 1.807) is 11.1 Å². The highest BCUT2D eigenvalue weighted by Crippen LogP contribution is 2.28. The van der Waals surface area contributed by atoms with Gasteiger partial charge in [0.05, 0.1) is 12.2 Å². The molecule has 2 unspecified atom stereocenters. The molecule has 1 N–H and O–H groups in total. The van der Waals surface area contributed by atoms with E-state index in [0.29, 0.717) is 12.2 Å². The van der Waals surface area contributed by atoms with Gasteiger partial charge in [-0.2, -0.15) is 0 Å². The molecule has 4 rings (SSSR count). The van der Waals surface area contributed by atoms with Crippen LogP contribution in [0.4, 0.5) is 0 Å². The van der Waals surface area contributed by atoms with Gasteiger partial charge in [0.2, 0.25) is 0 Å². The van der Waals surface area contributed by atoms with Crippen molar-refractivity contribution in [3.63, 3.8) is 0 Å². The van der Waals surface area contributed by atoms with Gasteiger partial charge in [-0.1, -0.05) is 18.2 Å². The molecule has 1 aromatic rings. The number of morpholine rings is 1. The molecule has 2 saturated heterocycles. The van der Waals surface area contributed by atoms with Crippen LogP contribution in [0.3, 0.4) is 0 Å². The molecule has 2 fully saturated rings. The Labute approximate surface area is 114 Å². The van der Waals surface area contributed by atoms with Crippen molar-refractivity contribution in [1.29, 1.82) is 0 Å². The molecular formula is C16H22N2O. The van der Waals surface area contributed by atoms with Crippen molar-refractivity contribution in [1.82, 2.24) is 10.2 Å². The summed E-state index contributed by atoms with van der Waals surface area (Å²) in [5, 5.41) is 3.46. The van der Waals surface area contributed by atoms with Gasteiger partial charge < -0.3 is 10.1 Å². The summed E-state index contributed by atoms with van der Waals surface area (Å²) in [5.41, 5.74) is 4.64. The number of likely N-dealkylation sites (tertiary alicyclic amines) is 1. The van der Waals surface area contributed by atoms with Crippen LogP contribution in [0.1, 0.15) is 29.5 Å². The zero-order valence-corrected chi connectivity index (χ0v) is 11.4. The van der Waals surface area contributed by atoms with Gasteiger partial charge in [-0.25, -0.2) is 0 Å². The molecule has 0 radical (unpaired) electrons. The van der Waals surface area contributed by atoms with E-state index >= 15 is 0 Å². The molecule has 3 aliphatic rings. The number of rotatable bonds is 2. The van der Waals surface area contributed by atoms with Crippen LogP contribution in [0, 0.1) is 0 Å². The zero-order valence-electron chi connectivity index (χ0n) is 11.4. The number of benzene rings is 1. The quantitative estimate of drug-likeness (QED) is 0.874. The lowest BCUT2D eigenvalue weighted by atomic mass is 9.95. The van der Waals surface area contributed by atoms with Crippen LogP contribution in [0.2, 0.25) is 0 Å². The van der Waals surface area contributed by atoms with Crippen LogP contribution in [-0.2, 0) is 24.2 Å². The summed E-state index contributed by atoms with van der Waals surface area (Å²) in [6, 6.07) is 6.81. The number of hydrogen-bond donors (Lipinski definition) is 1. The maximum atomic E-state index is 5.93. The number of nitrogens with zero attached hydrogens (tertiary/aromatic N) is 1. The summed E-state index contributed by atoms with van der Waals surface area (Å²) in [6.45, 7) is 5.52. The molecule has 1 aromatic carbocycles. The molecule has 2 atom stereocenters. The van der Waals surface area contributed by atoms with E-state index in [0.717, 1.165) is 32.7 Å². The number of fused-ring (bicyclic) bond motifs is 3. The second-order valence-corrected chi connectivity index (χ2v) is 6.13. The molecule has 0 aliphatic carbocycles. The maximum Gasteiger partial charge on any atom is 0.0707 e. The Bertz CT molecular complexity index is 462. The fourth-order valence-corrected chi connectivity index (χ4v) is 3.83. The SMILES string of the molecule is c1cc2c(c(CN3CC4CCC(C3)O4)c1)CCNC2. The van der Waals surface area contributed by atoms with Crippen LogP contribution in [-0.4, -0.2) is 36.7 Å². The third-order valence-corrected chi connectivity index (χ3v) is 4.75. The van der Waals surface area contributed by atoms with Gasteiger partial charge in [0, 0.05) is 26.2 Å². The summed E-state index contributed by atoms with van der Waals surface area (Å²) in [7, 11) is 0. The average molecular weight is 258 g/mol. The molecule has 3 aliphatic heterocycles. The summed E-state index contributed by atoms with van der Waals surface area (Å²) >= 11 is 0. The predicted octanol–water partition coefficient (Wildman–Crippen LogP) is 1.70. The summed E-state index contributed by atoms with van der Waals surface area (Å²) in [6.07, 6.45) is 4.71. The average Bonchev–Trinajstić information content (AvgIpc) is 2.78. The Kier molecular flexibility index (Phi) is 3.06. The second kappa shape index (κ2) is 4.89. The zero-order chi connectivity index (χ0) is 12.7. The smallest absolute Gasteiger partial charge is 0.0707 e. The molecule has 0 amide bonds. The standard InChI is InChI=1S/C16H22N2O/c1-2-12-8-17-7-6-16(12)13(3-1)9-18-10-14-4-5-15(11-18)19-14/h1-3,14-15,17H,4-11H2. The molecule has 0 aromatic heterocycles. The van der Waals surface area contributed by atoms with Crippen LogP contribution < -0.4 is 5.32 Å². The molecule has 3 nitrogen and oxygen atoms in total. The van der Waals surface area contributed by atoms with E-state index in [2.05, 4.69) is 28.4 Å². The minimum atomic E-state index is 0.500. The molecule has 2 bridgehead atoms. The molecule has 0 spiro atoms. The molecule has 102 valence electrons. The van der Waals surface area contributed by atoms with Crippen molar-refractivity contribution >= 4 is 0 Å². The Morgan fingerprint density at radius 2 is 2.05 bits per heavy atom. The molecule has 3 heteroatoms. The van der Waals surface area contributed by atoms with Crippen LogP contribution in [0.15, 0.2) is 18.2 Å². The predicted molar refractivity (Wildman–Crippen MR) is 75.0 cm³/mol. The first kappa shape index (κ1) is 11.9. The third kappa shape index (κ3) is 2.31. The summed E-state index contributed by atoms with van der Waals surface area (Å²) < 4.78 is 5.93. The van der Waals surface area contributed by atoms with Gasteiger partial charge in [-0.15, -0.1) is 0 Å². The Balaban J connectivity index is 1.53.